The molecule has 0 saturated carbocycles. The van der Waals surface area contributed by atoms with Crippen molar-refractivity contribution in [3.8, 4) is 11.5 Å². The van der Waals surface area contributed by atoms with Gasteiger partial charge in [-0.15, -0.1) is 0 Å². The van der Waals surface area contributed by atoms with Crippen LogP contribution in [0.3, 0.4) is 0 Å². The van der Waals surface area contributed by atoms with Gasteiger partial charge in [0.25, 0.3) is 0 Å². The minimum atomic E-state index is -0.762. The number of methoxy groups -OCH3 is 2. The Morgan fingerprint density at radius 2 is 2.07 bits per heavy atom. The van der Waals surface area contributed by atoms with Crippen molar-refractivity contribution in [1.82, 2.24) is 10.3 Å². The second-order valence-corrected chi connectivity index (χ2v) is 7.01. The highest BCUT2D eigenvalue weighted by Crippen LogP contribution is 2.28. The maximum Gasteiger partial charge on any atom is 0.161 e. The maximum absolute atomic E-state index is 10.9. The van der Waals surface area contributed by atoms with Crippen LogP contribution in [-0.4, -0.2) is 62.8 Å². The maximum atomic E-state index is 10.9. The van der Waals surface area contributed by atoms with Crippen LogP contribution in [0.2, 0.25) is 0 Å². The van der Waals surface area contributed by atoms with Gasteiger partial charge in [-0.2, -0.15) is 0 Å². The SMILES string of the molecule is COCCOc1cc(CNCC2(O)CCN(c3ccccn3)C2)ccc1OC. The molecule has 0 bridgehead atoms. The topological polar surface area (TPSA) is 76.1 Å². The van der Waals surface area contributed by atoms with Gasteiger partial charge in [-0.1, -0.05) is 12.1 Å². The highest BCUT2D eigenvalue weighted by Gasteiger charge is 2.36. The van der Waals surface area contributed by atoms with Gasteiger partial charge >= 0.3 is 0 Å². The minimum absolute atomic E-state index is 0.465. The number of benzene rings is 1. The summed E-state index contributed by atoms with van der Waals surface area (Å²) in [4.78, 5) is 6.49. The molecule has 1 aromatic carbocycles. The summed E-state index contributed by atoms with van der Waals surface area (Å²) in [7, 11) is 3.27. The van der Waals surface area contributed by atoms with Gasteiger partial charge in [-0.3, -0.25) is 0 Å². The van der Waals surface area contributed by atoms with Gasteiger partial charge in [0.15, 0.2) is 11.5 Å². The summed E-state index contributed by atoms with van der Waals surface area (Å²) >= 11 is 0. The Morgan fingerprint density at radius 3 is 2.82 bits per heavy atom. The zero-order valence-electron chi connectivity index (χ0n) is 16.6. The molecule has 2 aromatic rings. The van der Waals surface area contributed by atoms with Gasteiger partial charge in [0, 0.05) is 39.5 Å². The van der Waals surface area contributed by atoms with Gasteiger partial charge in [0.05, 0.1) is 19.3 Å². The van der Waals surface area contributed by atoms with Crippen molar-refractivity contribution >= 4 is 5.82 Å². The van der Waals surface area contributed by atoms with Crippen LogP contribution in [0, 0.1) is 0 Å². The molecule has 7 heteroatoms. The lowest BCUT2D eigenvalue weighted by atomic mass is 10.0. The lowest BCUT2D eigenvalue weighted by Crippen LogP contribution is -2.43. The van der Waals surface area contributed by atoms with Crippen LogP contribution in [0.1, 0.15) is 12.0 Å². The van der Waals surface area contributed by atoms with Crippen LogP contribution in [0.15, 0.2) is 42.6 Å². The van der Waals surface area contributed by atoms with Crippen LogP contribution in [0.4, 0.5) is 5.82 Å². The molecule has 3 rings (SSSR count). The number of aromatic nitrogens is 1. The Hall–Kier alpha value is -2.35. The summed E-state index contributed by atoms with van der Waals surface area (Å²) in [5.74, 6) is 2.30. The van der Waals surface area contributed by atoms with Crippen LogP contribution in [0.25, 0.3) is 0 Å². The summed E-state index contributed by atoms with van der Waals surface area (Å²) in [6.45, 7) is 3.51. The number of ether oxygens (including phenoxy) is 3. The number of aliphatic hydroxyl groups is 1. The molecule has 1 unspecified atom stereocenters. The third-order valence-electron chi connectivity index (χ3n) is 4.86. The van der Waals surface area contributed by atoms with E-state index in [0.717, 1.165) is 17.9 Å². The number of hydrogen-bond donors (Lipinski definition) is 2. The normalized spacial score (nSPS) is 19.0. The molecule has 1 aliphatic heterocycles. The number of pyridine rings is 1. The number of rotatable bonds is 10. The number of hydrogen-bond acceptors (Lipinski definition) is 7. The quantitative estimate of drug-likeness (QED) is 0.603. The zero-order chi connectivity index (χ0) is 19.8. The van der Waals surface area contributed by atoms with Crippen LogP contribution in [0.5, 0.6) is 11.5 Å². The molecule has 0 amide bonds. The Kier molecular flexibility index (Phi) is 7.08. The second kappa shape index (κ2) is 9.73. The molecule has 0 spiro atoms. The Morgan fingerprint density at radius 1 is 1.18 bits per heavy atom. The first-order valence-corrected chi connectivity index (χ1v) is 9.51. The summed E-state index contributed by atoms with van der Waals surface area (Å²) in [5, 5.41) is 14.3. The molecule has 1 aliphatic rings. The summed E-state index contributed by atoms with van der Waals surface area (Å²) < 4.78 is 16.1. The molecular formula is C21H29N3O4. The van der Waals surface area contributed by atoms with E-state index < -0.39 is 5.60 Å². The lowest BCUT2D eigenvalue weighted by Gasteiger charge is -2.24. The fourth-order valence-electron chi connectivity index (χ4n) is 3.36. The summed E-state index contributed by atoms with van der Waals surface area (Å²) in [6, 6.07) is 11.7. The van der Waals surface area contributed by atoms with Gasteiger partial charge in [0.1, 0.15) is 12.4 Å². The molecule has 0 radical (unpaired) electrons. The first-order chi connectivity index (χ1) is 13.6. The van der Waals surface area contributed by atoms with E-state index in [0.29, 0.717) is 50.8 Å². The Balaban J connectivity index is 1.52. The van der Waals surface area contributed by atoms with E-state index in [9.17, 15) is 5.11 Å². The van der Waals surface area contributed by atoms with Crippen molar-refractivity contribution in [3.63, 3.8) is 0 Å². The molecule has 7 nitrogen and oxygen atoms in total. The largest absolute Gasteiger partial charge is 0.493 e. The fourth-order valence-corrected chi connectivity index (χ4v) is 3.36. The van der Waals surface area contributed by atoms with E-state index in [4.69, 9.17) is 14.2 Å². The van der Waals surface area contributed by atoms with E-state index in [2.05, 4.69) is 15.2 Å². The highest BCUT2D eigenvalue weighted by atomic mass is 16.5. The predicted molar refractivity (Wildman–Crippen MR) is 108 cm³/mol. The average Bonchev–Trinajstić information content (AvgIpc) is 3.11. The standard InChI is InChI=1S/C21H29N3O4/c1-26-11-12-28-19-13-17(6-7-18(19)27-2)14-22-15-21(25)8-10-24(16-21)20-5-3-4-9-23-20/h3-7,9,13,22,25H,8,10-12,14-16H2,1-2H3. The van der Waals surface area contributed by atoms with Crippen molar-refractivity contribution < 1.29 is 19.3 Å². The van der Waals surface area contributed by atoms with Gasteiger partial charge in [-0.05, 0) is 36.2 Å². The monoisotopic (exact) mass is 387 g/mol. The number of nitrogens with one attached hydrogen (secondary N) is 1. The summed E-state index contributed by atoms with van der Waals surface area (Å²) in [6.07, 6.45) is 2.49. The molecule has 1 aromatic heterocycles. The second-order valence-electron chi connectivity index (χ2n) is 7.01. The van der Waals surface area contributed by atoms with Crippen LogP contribution in [-0.2, 0) is 11.3 Å². The van der Waals surface area contributed by atoms with Crippen LogP contribution >= 0.6 is 0 Å². The first kappa shape index (κ1) is 20.4. The zero-order valence-corrected chi connectivity index (χ0v) is 16.6. The molecular weight excluding hydrogens is 358 g/mol. The Labute approximate surface area is 166 Å². The number of nitrogens with zero attached hydrogens (tertiary/aromatic N) is 2. The Bertz CT molecular complexity index is 744. The van der Waals surface area contributed by atoms with E-state index >= 15 is 0 Å². The van der Waals surface area contributed by atoms with Crippen LogP contribution < -0.4 is 19.7 Å². The molecule has 1 atom stereocenters. The van der Waals surface area contributed by atoms with E-state index in [1.807, 2.05) is 36.4 Å². The molecule has 152 valence electrons. The average molecular weight is 387 g/mol. The van der Waals surface area contributed by atoms with Gasteiger partial charge < -0.3 is 29.5 Å². The molecule has 2 N–H and O–H groups in total. The van der Waals surface area contributed by atoms with E-state index in [1.165, 1.54) is 0 Å². The smallest absolute Gasteiger partial charge is 0.161 e. The minimum Gasteiger partial charge on any atom is -0.493 e. The lowest BCUT2D eigenvalue weighted by molar-refractivity contribution is 0.0626. The number of anilines is 1. The first-order valence-electron chi connectivity index (χ1n) is 9.51. The molecule has 28 heavy (non-hydrogen) atoms. The van der Waals surface area contributed by atoms with Crippen molar-refractivity contribution in [2.45, 2.75) is 18.6 Å². The number of β-amino-alcohol motifs (C(OH)–C–C–N with tert-alkyl or cyclic N) is 1. The highest BCUT2D eigenvalue weighted by molar-refractivity contribution is 5.43. The van der Waals surface area contributed by atoms with Crippen molar-refractivity contribution in [3.05, 3.63) is 48.2 Å². The molecule has 1 saturated heterocycles. The van der Waals surface area contributed by atoms with Gasteiger partial charge in [0.2, 0.25) is 0 Å². The fraction of sp³-hybridized carbons (Fsp3) is 0.476. The van der Waals surface area contributed by atoms with E-state index in [-0.39, 0.29) is 0 Å². The third kappa shape index (κ3) is 5.34. The third-order valence-corrected chi connectivity index (χ3v) is 4.86. The van der Waals surface area contributed by atoms with Gasteiger partial charge in [-0.25, -0.2) is 4.98 Å². The van der Waals surface area contributed by atoms with Crippen molar-refractivity contribution in [2.75, 3.05) is 52.0 Å². The van der Waals surface area contributed by atoms with E-state index in [1.54, 1.807) is 20.4 Å². The molecule has 0 aliphatic carbocycles. The predicted octanol–water partition coefficient (Wildman–Crippen LogP) is 1.85. The molecule has 2 heterocycles. The summed E-state index contributed by atoms with van der Waals surface area (Å²) in [5.41, 5.74) is 0.304. The van der Waals surface area contributed by atoms with Crippen molar-refractivity contribution in [1.29, 1.82) is 0 Å². The van der Waals surface area contributed by atoms with Crippen molar-refractivity contribution in [2.24, 2.45) is 0 Å². The molecule has 1 fully saturated rings.